The lowest BCUT2D eigenvalue weighted by Gasteiger charge is -2.14. The van der Waals surface area contributed by atoms with Gasteiger partial charge in [-0.05, 0) is 25.0 Å². The zero-order valence-corrected chi connectivity index (χ0v) is 10.7. The summed E-state index contributed by atoms with van der Waals surface area (Å²) in [4.78, 5) is 10.3. The first-order chi connectivity index (χ1) is 7.49. The van der Waals surface area contributed by atoms with Crippen molar-refractivity contribution in [3.8, 4) is 5.75 Å². The van der Waals surface area contributed by atoms with E-state index in [9.17, 15) is 15.2 Å². The van der Waals surface area contributed by atoms with Gasteiger partial charge in [0.05, 0.1) is 10.5 Å². The van der Waals surface area contributed by atoms with Crippen LogP contribution in [0, 0.1) is 17.0 Å². The Morgan fingerprint density at radius 2 is 2.12 bits per heavy atom. The molecule has 0 heterocycles. The van der Waals surface area contributed by atoms with Gasteiger partial charge in [0.25, 0.3) is 5.69 Å². The Hall–Kier alpha value is -1.33. The summed E-state index contributed by atoms with van der Waals surface area (Å²) >= 11 is 0. The fraction of sp³-hybridized carbons (Fsp3) is 0.455. The number of aromatic hydroxyl groups is 1. The average Bonchev–Trinajstić information content (AvgIpc) is 2.21. The lowest BCUT2D eigenvalue weighted by molar-refractivity contribution is -0.385. The highest BCUT2D eigenvalue weighted by Crippen LogP contribution is 2.36. The zero-order chi connectivity index (χ0) is 12.3. The molecule has 1 aromatic carbocycles. The van der Waals surface area contributed by atoms with Gasteiger partial charge < -0.3 is 10.8 Å². The van der Waals surface area contributed by atoms with Crippen LogP contribution in [0.15, 0.2) is 12.1 Å². The molecule has 0 saturated carbocycles. The molecule has 0 aliphatic heterocycles. The van der Waals surface area contributed by atoms with Crippen LogP contribution in [0.25, 0.3) is 0 Å². The van der Waals surface area contributed by atoms with Crippen LogP contribution in [0.1, 0.15) is 36.9 Å². The third-order valence-corrected chi connectivity index (χ3v) is 2.56. The molecule has 0 radical (unpaired) electrons. The van der Waals surface area contributed by atoms with Crippen molar-refractivity contribution in [1.29, 1.82) is 0 Å². The second-order valence-corrected chi connectivity index (χ2v) is 3.82. The van der Waals surface area contributed by atoms with E-state index in [1.165, 1.54) is 12.1 Å². The van der Waals surface area contributed by atoms with Crippen LogP contribution in [0.4, 0.5) is 5.69 Å². The Morgan fingerprint density at radius 3 is 2.59 bits per heavy atom. The molecule has 0 aliphatic rings. The van der Waals surface area contributed by atoms with Gasteiger partial charge in [0.2, 0.25) is 0 Å². The van der Waals surface area contributed by atoms with Gasteiger partial charge in [0.15, 0.2) is 0 Å². The van der Waals surface area contributed by atoms with Gasteiger partial charge in [-0.3, -0.25) is 10.1 Å². The highest BCUT2D eigenvalue weighted by molar-refractivity contribution is 5.85. The van der Waals surface area contributed by atoms with Gasteiger partial charge in [-0.1, -0.05) is 13.3 Å². The highest BCUT2D eigenvalue weighted by atomic mass is 35.5. The number of benzene rings is 1. The van der Waals surface area contributed by atoms with Crippen molar-refractivity contribution >= 4 is 18.1 Å². The Morgan fingerprint density at radius 1 is 1.53 bits per heavy atom. The lowest BCUT2D eigenvalue weighted by Crippen LogP contribution is -2.12. The van der Waals surface area contributed by atoms with E-state index in [1.807, 2.05) is 6.92 Å². The molecule has 0 unspecified atom stereocenters. The smallest absolute Gasteiger partial charge is 0.277 e. The first-order valence-corrected chi connectivity index (χ1v) is 5.21. The molecule has 0 fully saturated rings. The summed E-state index contributed by atoms with van der Waals surface area (Å²) in [5.74, 6) is -0.0600. The molecule has 0 aromatic heterocycles. The number of hydrogen-bond acceptors (Lipinski definition) is 4. The number of nitrogens with two attached hydrogens (primary N) is 1. The summed E-state index contributed by atoms with van der Waals surface area (Å²) in [5, 5.41) is 20.7. The van der Waals surface area contributed by atoms with E-state index in [0.29, 0.717) is 12.0 Å². The molecule has 0 bridgehead atoms. The third-order valence-electron chi connectivity index (χ3n) is 2.56. The van der Waals surface area contributed by atoms with E-state index in [4.69, 9.17) is 5.73 Å². The quantitative estimate of drug-likeness (QED) is 0.643. The molecule has 96 valence electrons. The maximum Gasteiger partial charge on any atom is 0.277 e. The molecule has 6 heteroatoms. The summed E-state index contributed by atoms with van der Waals surface area (Å²) in [6, 6.07) is 2.42. The Bertz CT molecular complexity index is 410. The number of halogens is 1. The maximum atomic E-state index is 10.8. The monoisotopic (exact) mass is 260 g/mol. The van der Waals surface area contributed by atoms with E-state index in [-0.39, 0.29) is 29.4 Å². The van der Waals surface area contributed by atoms with Gasteiger partial charge in [0, 0.05) is 12.1 Å². The second kappa shape index (κ2) is 6.42. The Kier molecular flexibility index (Phi) is 5.91. The van der Waals surface area contributed by atoms with Crippen LogP contribution in [-0.2, 0) is 0 Å². The number of nitrogens with zero attached hydrogens (tertiary/aromatic N) is 1. The van der Waals surface area contributed by atoms with Crippen LogP contribution in [-0.4, -0.2) is 10.0 Å². The van der Waals surface area contributed by atoms with Crippen molar-refractivity contribution in [2.24, 2.45) is 5.73 Å². The van der Waals surface area contributed by atoms with Gasteiger partial charge in [0.1, 0.15) is 5.75 Å². The normalized spacial score (nSPS) is 11.7. The van der Waals surface area contributed by atoms with E-state index in [1.54, 1.807) is 6.92 Å². The summed E-state index contributed by atoms with van der Waals surface area (Å²) in [7, 11) is 0. The van der Waals surface area contributed by atoms with Crippen molar-refractivity contribution in [1.82, 2.24) is 0 Å². The van der Waals surface area contributed by atoms with Crippen LogP contribution in [0.5, 0.6) is 5.75 Å². The molecule has 0 aliphatic carbocycles. The molecule has 1 atom stereocenters. The van der Waals surface area contributed by atoms with Crippen molar-refractivity contribution in [3.05, 3.63) is 33.4 Å². The fourth-order valence-electron chi connectivity index (χ4n) is 1.69. The predicted octanol–water partition coefficient (Wildman–Crippen LogP) is 2.83. The molecular weight excluding hydrogens is 244 g/mol. The second-order valence-electron chi connectivity index (χ2n) is 3.82. The molecule has 0 saturated heterocycles. The molecule has 0 amide bonds. The molecule has 1 aromatic rings. The van der Waals surface area contributed by atoms with E-state index >= 15 is 0 Å². The van der Waals surface area contributed by atoms with Crippen molar-refractivity contribution in [2.45, 2.75) is 32.7 Å². The minimum absolute atomic E-state index is 0. The number of nitro benzene ring substituents is 1. The van der Waals surface area contributed by atoms with E-state index < -0.39 is 11.0 Å². The fourth-order valence-corrected chi connectivity index (χ4v) is 1.69. The van der Waals surface area contributed by atoms with E-state index in [2.05, 4.69) is 0 Å². The van der Waals surface area contributed by atoms with Crippen molar-refractivity contribution in [2.75, 3.05) is 0 Å². The SMILES string of the molecule is CCC[C@H](N)c1c([N+](=O)[O-])ccc(C)c1O.Cl. The standard InChI is InChI=1S/C11H16N2O3.ClH/c1-3-4-8(12)10-9(13(15)16)6-5-7(2)11(10)14;/h5-6,8,14H,3-4,12H2,1-2H3;1H/t8-;/m0./s1. The van der Waals surface area contributed by atoms with Crippen molar-refractivity contribution < 1.29 is 10.0 Å². The van der Waals surface area contributed by atoms with Crippen LogP contribution in [0.3, 0.4) is 0 Å². The largest absolute Gasteiger partial charge is 0.507 e. The molecule has 1 rings (SSSR count). The van der Waals surface area contributed by atoms with Crippen LogP contribution in [0.2, 0.25) is 0 Å². The number of hydrogen-bond donors (Lipinski definition) is 2. The van der Waals surface area contributed by atoms with E-state index in [0.717, 1.165) is 6.42 Å². The van der Waals surface area contributed by atoms with Gasteiger partial charge in [-0.25, -0.2) is 0 Å². The minimum Gasteiger partial charge on any atom is -0.507 e. The van der Waals surface area contributed by atoms with Gasteiger partial charge >= 0.3 is 0 Å². The molecule has 5 nitrogen and oxygen atoms in total. The minimum atomic E-state index is -0.510. The van der Waals surface area contributed by atoms with Crippen LogP contribution >= 0.6 is 12.4 Å². The number of phenolic OH excluding ortho intramolecular Hbond substituents is 1. The summed E-state index contributed by atoms with van der Waals surface area (Å²) in [5.41, 5.74) is 6.59. The number of aryl methyl sites for hydroxylation is 1. The number of rotatable bonds is 4. The van der Waals surface area contributed by atoms with Crippen molar-refractivity contribution in [3.63, 3.8) is 0 Å². The summed E-state index contributed by atoms with van der Waals surface area (Å²) in [6.45, 7) is 3.64. The highest BCUT2D eigenvalue weighted by Gasteiger charge is 2.23. The summed E-state index contributed by atoms with van der Waals surface area (Å²) in [6.07, 6.45) is 1.42. The summed E-state index contributed by atoms with van der Waals surface area (Å²) < 4.78 is 0. The number of nitro groups is 1. The lowest BCUT2D eigenvalue weighted by atomic mass is 9.98. The molecule has 0 spiro atoms. The average molecular weight is 261 g/mol. The third kappa shape index (κ3) is 3.31. The zero-order valence-electron chi connectivity index (χ0n) is 9.84. The Balaban J connectivity index is 0.00000256. The Labute approximate surface area is 106 Å². The first-order valence-electron chi connectivity index (χ1n) is 5.21. The van der Waals surface area contributed by atoms with Gasteiger partial charge in [-0.15, -0.1) is 12.4 Å². The molecular formula is C11H17ClN2O3. The van der Waals surface area contributed by atoms with Gasteiger partial charge in [-0.2, -0.15) is 0 Å². The molecule has 3 N–H and O–H groups in total. The first kappa shape index (κ1) is 15.7. The van der Waals surface area contributed by atoms with Crippen LogP contribution < -0.4 is 5.73 Å². The molecule has 17 heavy (non-hydrogen) atoms. The topological polar surface area (TPSA) is 89.4 Å². The maximum absolute atomic E-state index is 10.8. The number of phenols is 1. The predicted molar refractivity (Wildman–Crippen MR) is 68.6 cm³/mol.